The number of sulfone groups is 1. The molecule has 1 aromatic carbocycles. The van der Waals surface area contributed by atoms with Crippen LogP contribution in [0.3, 0.4) is 0 Å². The molecule has 2 rings (SSSR count). The fourth-order valence-electron chi connectivity index (χ4n) is 3.14. The molecule has 0 spiro atoms. The molecule has 1 aliphatic rings. The van der Waals surface area contributed by atoms with Crippen LogP contribution in [0.25, 0.3) is 0 Å². The van der Waals surface area contributed by atoms with Crippen molar-refractivity contribution in [2.75, 3.05) is 5.75 Å². The lowest BCUT2D eigenvalue weighted by atomic mass is 9.94. The van der Waals surface area contributed by atoms with Crippen molar-refractivity contribution in [1.82, 2.24) is 5.32 Å². The van der Waals surface area contributed by atoms with E-state index in [4.69, 9.17) is 4.74 Å². The smallest absolute Gasteiger partial charge is 0.309 e. The third-order valence-corrected chi connectivity index (χ3v) is 6.71. The maximum absolute atomic E-state index is 12.9. The highest BCUT2D eigenvalue weighted by Crippen LogP contribution is 2.24. The van der Waals surface area contributed by atoms with Gasteiger partial charge in [0.1, 0.15) is 5.75 Å². The third-order valence-electron chi connectivity index (χ3n) is 4.79. The van der Waals surface area contributed by atoms with E-state index >= 15 is 0 Å². The Bertz CT molecular complexity index is 754. The molecular weight excluding hydrogens is 366 g/mol. The molecule has 1 unspecified atom stereocenters. The van der Waals surface area contributed by atoms with Crippen LogP contribution < -0.4 is 5.32 Å². The number of amides is 1. The highest BCUT2D eigenvalue weighted by Gasteiger charge is 2.43. The van der Waals surface area contributed by atoms with Crippen LogP contribution in [0.1, 0.15) is 52.9 Å². The van der Waals surface area contributed by atoms with E-state index in [-0.39, 0.29) is 10.9 Å². The Hall–Kier alpha value is -1.89. The molecule has 27 heavy (non-hydrogen) atoms. The first-order valence-electron chi connectivity index (χ1n) is 9.46. The predicted octanol–water partition coefficient (Wildman–Crippen LogP) is 2.87. The van der Waals surface area contributed by atoms with Gasteiger partial charge in [-0.25, -0.2) is 8.42 Å². The summed E-state index contributed by atoms with van der Waals surface area (Å²) in [4.78, 5) is 25.2. The van der Waals surface area contributed by atoms with Crippen LogP contribution in [-0.2, 0) is 24.2 Å². The maximum atomic E-state index is 12.9. The van der Waals surface area contributed by atoms with Gasteiger partial charge in [0.15, 0.2) is 9.84 Å². The standard InChI is InChI=1S/C20H29NO5S/c1-15(2)18(22)26-20(3,19(23)21-16-10-6-4-7-11-16)14-27(24,25)17-12-8-5-9-13-17/h5,8-9,12-13,15-16H,4,6-7,10-11,14H2,1-3H3,(H,21,23). The molecule has 0 aliphatic heterocycles. The van der Waals surface area contributed by atoms with Gasteiger partial charge >= 0.3 is 5.97 Å². The minimum Gasteiger partial charge on any atom is -0.448 e. The Balaban J connectivity index is 2.25. The molecule has 1 fully saturated rings. The number of rotatable bonds is 7. The van der Waals surface area contributed by atoms with Gasteiger partial charge in [-0.3, -0.25) is 9.59 Å². The van der Waals surface area contributed by atoms with Crippen molar-refractivity contribution >= 4 is 21.7 Å². The van der Waals surface area contributed by atoms with Gasteiger partial charge in [-0.2, -0.15) is 0 Å². The lowest BCUT2D eigenvalue weighted by Gasteiger charge is -2.32. The Morgan fingerprint density at radius 1 is 1.15 bits per heavy atom. The summed E-state index contributed by atoms with van der Waals surface area (Å²) >= 11 is 0. The fraction of sp³-hybridized carbons (Fsp3) is 0.600. The van der Waals surface area contributed by atoms with E-state index < -0.39 is 39.0 Å². The van der Waals surface area contributed by atoms with Crippen molar-refractivity contribution in [1.29, 1.82) is 0 Å². The van der Waals surface area contributed by atoms with Gasteiger partial charge in [-0.1, -0.05) is 51.3 Å². The van der Waals surface area contributed by atoms with Crippen LogP contribution in [-0.4, -0.2) is 37.7 Å². The third kappa shape index (κ3) is 5.79. The van der Waals surface area contributed by atoms with Crippen LogP contribution >= 0.6 is 0 Å². The summed E-state index contributed by atoms with van der Waals surface area (Å²) in [6.45, 7) is 4.67. The topological polar surface area (TPSA) is 89.5 Å². The van der Waals surface area contributed by atoms with E-state index in [9.17, 15) is 18.0 Å². The summed E-state index contributed by atoms with van der Waals surface area (Å²) in [5.74, 6) is -2.21. The van der Waals surface area contributed by atoms with Crippen LogP contribution in [0.2, 0.25) is 0 Å². The molecule has 1 atom stereocenters. The van der Waals surface area contributed by atoms with E-state index in [0.717, 1.165) is 32.1 Å². The van der Waals surface area contributed by atoms with Crippen molar-refractivity contribution in [2.24, 2.45) is 5.92 Å². The zero-order chi connectivity index (χ0) is 20.1. The average molecular weight is 396 g/mol. The lowest BCUT2D eigenvalue weighted by molar-refractivity contribution is -0.167. The van der Waals surface area contributed by atoms with Crippen molar-refractivity contribution in [3.8, 4) is 0 Å². The van der Waals surface area contributed by atoms with Crippen molar-refractivity contribution in [3.05, 3.63) is 30.3 Å². The number of hydrogen-bond donors (Lipinski definition) is 1. The maximum Gasteiger partial charge on any atom is 0.309 e. The minimum absolute atomic E-state index is 0.0113. The molecule has 0 saturated heterocycles. The van der Waals surface area contributed by atoms with Gasteiger partial charge in [-0.05, 0) is 31.9 Å². The highest BCUT2D eigenvalue weighted by atomic mass is 32.2. The Morgan fingerprint density at radius 3 is 2.30 bits per heavy atom. The van der Waals surface area contributed by atoms with Gasteiger partial charge in [-0.15, -0.1) is 0 Å². The molecule has 1 amide bonds. The molecule has 1 aliphatic carbocycles. The SMILES string of the molecule is CC(C)C(=O)OC(C)(CS(=O)(=O)c1ccccc1)C(=O)NC1CCCCC1. The zero-order valence-electron chi connectivity index (χ0n) is 16.2. The summed E-state index contributed by atoms with van der Waals surface area (Å²) in [7, 11) is -3.81. The normalized spacial score (nSPS) is 17.9. The number of ether oxygens (including phenoxy) is 1. The van der Waals surface area contributed by atoms with Crippen LogP contribution in [0, 0.1) is 5.92 Å². The molecule has 0 radical (unpaired) electrons. The van der Waals surface area contributed by atoms with Crippen molar-refractivity contribution < 1.29 is 22.7 Å². The number of esters is 1. The zero-order valence-corrected chi connectivity index (χ0v) is 17.1. The second-order valence-corrected chi connectivity index (χ2v) is 9.68. The average Bonchev–Trinajstić information content (AvgIpc) is 2.62. The summed E-state index contributed by atoms with van der Waals surface area (Å²) in [6, 6.07) is 7.88. The first kappa shape index (κ1) is 21.4. The quantitative estimate of drug-likeness (QED) is 0.717. The molecule has 150 valence electrons. The van der Waals surface area contributed by atoms with Gasteiger partial charge in [0.25, 0.3) is 5.91 Å². The van der Waals surface area contributed by atoms with Gasteiger partial charge in [0.05, 0.1) is 10.8 Å². The Kier molecular flexibility index (Phi) is 7.03. The number of benzene rings is 1. The molecule has 0 aromatic heterocycles. The van der Waals surface area contributed by atoms with E-state index in [0.29, 0.717) is 0 Å². The monoisotopic (exact) mass is 395 g/mol. The molecular formula is C20H29NO5S. The van der Waals surface area contributed by atoms with Crippen molar-refractivity contribution in [3.63, 3.8) is 0 Å². The van der Waals surface area contributed by atoms with Gasteiger partial charge in [0, 0.05) is 6.04 Å². The first-order valence-corrected chi connectivity index (χ1v) is 11.1. The molecule has 0 heterocycles. The summed E-state index contributed by atoms with van der Waals surface area (Å²) < 4.78 is 31.1. The second kappa shape index (κ2) is 8.87. The Labute approximate surface area is 161 Å². The van der Waals surface area contributed by atoms with E-state index in [1.807, 2.05) is 0 Å². The molecule has 1 N–H and O–H groups in total. The van der Waals surface area contributed by atoms with Crippen LogP contribution in [0.4, 0.5) is 0 Å². The van der Waals surface area contributed by atoms with Gasteiger partial charge < -0.3 is 10.1 Å². The largest absolute Gasteiger partial charge is 0.448 e. The molecule has 7 heteroatoms. The summed E-state index contributed by atoms with van der Waals surface area (Å²) in [6.07, 6.45) is 4.89. The van der Waals surface area contributed by atoms with E-state index in [1.54, 1.807) is 32.0 Å². The van der Waals surface area contributed by atoms with Crippen molar-refractivity contribution in [2.45, 2.75) is 69.4 Å². The molecule has 1 aromatic rings. The minimum atomic E-state index is -3.81. The van der Waals surface area contributed by atoms with Crippen LogP contribution in [0.5, 0.6) is 0 Å². The molecule has 6 nitrogen and oxygen atoms in total. The highest BCUT2D eigenvalue weighted by molar-refractivity contribution is 7.91. The summed E-state index contributed by atoms with van der Waals surface area (Å²) in [5.41, 5.74) is -1.78. The summed E-state index contributed by atoms with van der Waals surface area (Å²) in [5, 5.41) is 2.90. The number of carbonyl (C=O) groups is 2. The number of hydrogen-bond acceptors (Lipinski definition) is 5. The lowest BCUT2D eigenvalue weighted by Crippen LogP contribution is -2.55. The van der Waals surface area contributed by atoms with Crippen LogP contribution in [0.15, 0.2) is 35.2 Å². The first-order chi connectivity index (χ1) is 12.6. The predicted molar refractivity (Wildman–Crippen MR) is 103 cm³/mol. The van der Waals surface area contributed by atoms with E-state index in [1.165, 1.54) is 19.1 Å². The Morgan fingerprint density at radius 2 is 1.74 bits per heavy atom. The van der Waals surface area contributed by atoms with Gasteiger partial charge in [0.2, 0.25) is 5.60 Å². The second-order valence-electron chi connectivity index (χ2n) is 7.69. The van der Waals surface area contributed by atoms with E-state index in [2.05, 4.69) is 5.32 Å². The molecule has 0 bridgehead atoms. The molecule has 1 saturated carbocycles. The number of nitrogens with one attached hydrogen (secondary N) is 1. The fourth-order valence-corrected chi connectivity index (χ4v) is 4.79. The number of carbonyl (C=O) groups excluding carboxylic acids is 2.